The van der Waals surface area contributed by atoms with Gasteiger partial charge in [-0.05, 0) is 18.9 Å². The van der Waals surface area contributed by atoms with E-state index in [-0.39, 0.29) is 11.8 Å². The van der Waals surface area contributed by atoms with Crippen LogP contribution in [0.3, 0.4) is 0 Å². The number of non-ortho nitro benzene ring substituents is 1. The molecule has 2 rings (SSSR count). The Balaban J connectivity index is 2.28. The Labute approximate surface area is 87.0 Å². The van der Waals surface area contributed by atoms with Gasteiger partial charge in [-0.1, -0.05) is 0 Å². The van der Waals surface area contributed by atoms with E-state index in [9.17, 15) is 10.1 Å². The van der Waals surface area contributed by atoms with E-state index in [0.717, 1.165) is 24.2 Å². The van der Waals surface area contributed by atoms with Gasteiger partial charge in [0.15, 0.2) is 0 Å². The molecule has 80 valence electrons. The molecule has 1 atom stereocenters. The van der Waals surface area contributed by atoms with E-state index in [0.29, 0.717) is 6.54 Å². The summed E-state index contributed by atoms with van der Waals surface area (Å²) in [5.74, 6) is 0.724. The molecule has 0 aliphatic carbocycles. The number of fused-ring (bicyclic) bond motifs is 1. The van der Waals surface area contributed by atoms with Crippen molar-refractivity contribution in [1.29, 1.82) is 0 Å². The molecule has 0 fully saturated rings. The minimum atomic E-state index is -0.394. The van der Waals surface area contributed by atoms with Crippen LogP contribution in [0.4, 0.5) is 5.69 Å². The second-order valence-electron chi connectivity index (χ2n) is 3.56. The van der Waals surface area contributed by atoms with Gasteiger partial charge in [0.05, 0.1) is 4.92 Å². The molecule has 0 spiro atoms. The first-order valence-corrected chi connectivity index (χ1v) is 4.84. The van der Waals surface area contributed by atoms with Gasteiger partial charge in [0.2, 0.25) is 0 Å². The molecule has 0 saturated heterocycles. The number of nitrogens with two attached hydrogens (primary N) is 1. The first-order valence-electron chi connectivity index (χ1n) is 4.84. The average Bonchev–Trinajstić information content (AvgIpc) is 2.27. The molecule has 0 amide bonds. The van der Waals surface area contributed by atoms with Crippen molar-refractivity contribution in [1.82, 2.24) is 0 Å². The van der Waals surface area contributed by atoms with Crippen LogP contribution in [0.25, 0.3) is 0 Å². The molecular weight excluding hydrogens is 196 g/mol. The summed E-state index contributed by atoms with van der Waals surface area (Å²) in [6, 6.07) is 4.68. The molecule has 2 N–H and O–H groups in total. The molecule has 15 heavy (non-hydrogen) atoms. The van der Waals surface area contributed by atoms with E-state index >= 15 is 0 Å². The highest BCUT2D eigenvalue weighted by atomic mass is 16.6. The Morgan fingerprint density at radius 3 is 3.07 bits per heavy atom. The molecule has 1 unspecified atom stereocenters. The third-order valence-corrected chi connectivity index (χ3v) is 2.55. The van der Waals surface area contributed by atoms with E-state index in [4.69, 9.17) is 10.5 Å². The lowest BCUT2D eigenvalue weighted by molar-refractivity contribution is -0.385. The van der Waals surface area contributed by atoms with Crippen molar-refractivity contribution in [2.24, 2.45) is 5.73 Å². The Morgan fingerprint density at radius 2 is 2.40 bits per heavy atom. The largest absolute Gasteiger partial charge is 0.489 e. The number of nitro groups is 1. The maximum Gasteiger partial charge on any atom is 0.269 e. The van der Waals surface area contributed by atoms with Crippen LogP contribution in [0, 0.1) is 10.1 Å². The maximum absolute atomic E-state index is 10.6. The fraction of sp³-hybridized carbons (Fsp3) is 0.400. The van der Waals surface area contributed by atoms with Gasteiger partial charge < -0.3 is 10.5 Å². The average molecular weight is 208 g/mol. The van der Waals surface area contributed by atoms with Crippen LogP contribution in [0.15, 0.2) is 18.2 Å². The Bertz CT molecular complexity index is 392. The predicted molar refractivity (Wildman–Crippen MR) is 54.9 cm³/mol. The monoisotopic (exact) mass is 208 g/mol. The quantitative estimate of drug-likeness (QED) is 0.586. The number of benzene rings is 1. The van der Waals surface area contributed by atoms with Gasteiger partial charge in [0.25, 0.3) is 5.69 Å². The van der Waals surface area contributed by atoms with Crippen LogP contribution in [0.1, 0.15) is 12.0 Å². The lowest BCUT2D eigenvalue weighted by atomic mass is 10.0. The van der Waals surface area contributed by atoms with Gasteiger partial charge >= 0.3 is 0 Å². The molecule has 5 nitrogen and oxygen atoms in total. The molecule has 1 aliphatic heterocycles. The standard InChI is InChI=1S/C10H12N2O3/c11-6-9-3-1-7-5-8(12(13)14)2-4-10(7)15-9/h2,4-5,9H,1,3,6,11H2. The first kappa shape index (κ1) is 9.92. The summed E-state index contributed by atoms with van der Waals surface area (Å²) in [6.07, 6.45) is 1.66. The summed E-state index contributed by atoms with van der Waals surface area (Å²) in [4.78, 5) is 10.2. The van der Waals surface area contributed by atoms with Crippen molar-refractivity contribution in [3.8, 4) is 5.75 Å². The minimum Gasteiger partial charge on any atom is -0.489 e. The SMILES string of the molecule is NCC1CCc2cc([N+](=O)[O-])ccc2O1. The zero-order valence-electron chi connectivity index (χ0n) is 8.18. The highest BCUT2D eigenvalue weighted by Gasteiger charge is 2.20. The summed E-state index contributed by atoms with van der Waals surface area (Å²) in [7, 11) is 0. The van der Waals surface area contributed by atoms with Crippen LogP contribution >= 0.6 is 0 Å². The zero-order valence-corrected chi connectivity index (χ0v) is 8.18. The van der Waals surface area contributed by atoms with Crippen molar-refractivity contribution in [2.45, 2.75) is 18.9 Å². The van der Waals surface area contributed by atoms with Crippen molar-refractivity contribution >= 4 is 5.69 Å². The molecular formula is C10H12N2O3. The molecule has 1 aromatic rings. The fourth-order valence-corrected chi connectivity index (χ4v) is 1.71. The highest BCUT2D eigenvalue weighted by Crippen LogP contribution is 2.30. The molecule has 1 aliphatic rings. The number of nitro benzene ring substituents is 1. The summed E-state index contributed by atoms with van der Waals surface area (Å²) in [5, 5.41) is 10.6. The number of hydrogen-bond acceptors (Lipinski definition) is 4. The topological polar surface area (TPSA) is 78.4 Å². The number of nitrogens with zero attached hydrogens (tertiary/aromatic N) is 1. The van der Waals surface area contributed by atoms with Crippen LogP contribution in [-0.2, 0) is 6.42 Å². The van der Waals surface area contributed by atoms with Crippen LogP contribution in [0.5, 0.6) is 5.75 Å². The number of rotatable bonds is 2. The Morgan fingerprint density at radius 1 is 1.60 bits per heavy atom. The van der Waals surface area contributed by atoms with Gasteiger partial charge in [0.1, 0.15) is 11.9 Å². The Kier molecular flexibility index (Phi) is 2.55. The maximum atomic E-state index is 10.6. The fourth-order valence-electron chi connectivity index (χ4n) is 1.71. The molecule has 0 radical (unpaired) electrons. The summed E-state index contributed by atoms with van der Waals surface area (Å²) in [5.41, 5.74) is 6.52. The smallest absolute Gasteiger partial charge is 0.269 e. The van der Waals surface area contributed by atoms with E-state index < -0.39 is 4.92 Å². The van der Waals surface area contributed by atoms with Crippen LogP contribution < -0.4 is 10.5 Å². The summed E-state index contributed by atoms with van der Waals surface area (Å²) >= 11 is 0. The molecule has 0 bridgehead atoms. The second kappa shape index (κ2) is 3.86. The van der Waals surface area contributed by atoms with Gasteiger partial charge in [-0.3, -0.25) is 10.1 Å². The van der Waals surface area contributed by atoms with Crippen LogP contribution in [-0.4, -0.2) is 17.6 Å². The van der Waals surface area contributed by atoms with Gasteiger partial charge in [-0.15, -0.1) is 0 Å². The van der Waals surface area contributed by atoms with E-state index in [2.05, 4.69) is 0 Å². The third-order valence-electron chi connectivity index (χ3n) is 2.55. The van der Waals surface area contributed by atoms with Gasteiger partial charge in [0, 0.05) is 24.2 Å². The lowest BCUT2D eigenvalue weighted by Crippen LogP contribution is -2.30. The number of aryl methyl sites for hydroxylation is 1. The lowest BCUT2D eigenvalue weighted by Gasteiger charge is -2.24. The van der Waals surface area contributed by atoms with E-state index in [1.165, 1.54) is 6.07 Å². The summed E-state index contributed by atoms with van der Waals surface area (Å²) in [6.45, 7) is 0.483. The molecule has 0 aromatic heterocycles. The summed E-state index contributed by atoms with van der Waals surface area (Å²) < 4.78 is 5.57. The third kappa shape index (κ3) is 1.92. The van der Waals surface area contributed by atoms with Gasteiger partial charge in [-0.25, -0.2) is 0 Å². The van der Waals surface area contributed by atoms with Crippen molar-refractivity contribution in [3.05, 3.63) is 33.9 Å². The minimum absolute atomic E-state index is 0.0407. The molecule has 1 aromatic carbocycles. The predicted octanol–water partition coefficient (Wildman–Crippen LogP) is 1.25. The van der Waals surface area contributed by atoms with Crippen molar-refractivity contribution < 1.29 is 9.66 Å². The highest BCUT2D eigenvalue weighted by molar-refractivity contribution is 5.44. The van der Waals surface area contributed by atoms with Crippen molar-refractivity contribution in [2.75, 3.05) is 6.54 Å². The van der Waals surface area contributed by atoms with Crippen molar-refractivity contribution in [3.63, 3.8) is 0 Å². The second-order valence-corrected chi connectivity index (χ2v) is 3.56. The first-order chi connectivity index (χ1) is 7.20. The van der Waals surface area contributed by atoms with Gasteiger partial charge in [-0.2, -0.15) is 0 Å². The zero-order chi connectivity index (χ0) is 10.8. The van der Waals surface area contributed by atoms with Crippen LogP contribution in [0.2, 0.25) is 0 Å². The number of ether oxygens (including phenoxy) is 1. The van der Waals surface area contributed by atoms with E-state index in [1.807, 2.05) is 0 Å². The normalized spacial score (nSPS) is 19.1. The number of hydrogen-bond donors (Lipinski definition) is 1. The molecule has 0 saturated carbocycles. The Hall–Kier alpha value is -1.62. The van der Waals surface area contributed by atoms with E-state index in [1.54, 1.807) is 12.1 Å². The molecule has 1 heterocycles. The molecule has 5 heteroatoms.